The van der Waals surface area contributed by atoms with E-state index in [1.807, 2.05) is 38.1 Å². The number of aryl methyl sites for hydroxylation is 3. The summed E-state index contributed by atoms with van der Waals surface area (Å²) < 4.78 is 12.2. The van der Waals surface area contributed by atoms with Crippen molar-refractivity contribution in [2.45, 2.75) is 19.9 Å². The van der Waals surface area contributed by atoms with Crippen molar-refractivity contribution in [1.82, 2.24) is 4.57 Å². The van der Waals surface area contributed by atoms with E-state index < -0.39 is 0 Å². The summed E-state index contributed by atoms with van der Waals surface area (Å²) >= 11 is 0. The Morgan fingerprint density at radius 1 is 1.20 bits per heavy atom. The van der Waals surface area contributed by atoms with Crippen molar-refractivity contribution in [1.29, 1.82) is 0 Å². The van der Waals surface area contributed by atoms with Crippen LogP contribution in [-0.2, 0) is 7.05 Å². The molecule has 0 saturated carbocycles. The van der Waals surface area contributed by atoms with E-state index in [0.29, 0.717) is 5.58 Å². The van der Waals surface area contributed by atoms with Gasteiger partial charge in [-0.3, -0.25) is 4.57 Å². The minimum Gasteiger partial charge on any atom is -0.466 e. The number of aromatic nitrogens is 1. The topological polar surface area (TPSA) is 74.3 Å². The molecule has 5 heteroatoms. The zero-order valence-electron chi connectivity index (χ0n) is 11.6. The van der Waals surface area contributed by atoms with E-state index in [1.165, 1.54) is 4.57 Å². The molecular formula is C15H16N2O3. The molecule has 3 aromatic rings. The summed E-state index contributed by atoms with van der Waals surface area (Å²) in [5, 5.41) is 0. The van der Waals surface area contributed by atoms with E-state index >= 15 is 0 Å². The predicted octanol–water partition coefficient (Wildman–Crippen LogP) is 2.39. The van der Waals surface area contributed by atoms with Crippen molar-refractivity contribution < 1.29 is 8.83 Å². The highest BCUT2D eigenvalue weighted by atomic mass is 16.4. The number of benzene rings is 1. The molecule has 0 fully saturated rings. The van der Waals surface area contributed by atoms with Crippen LogP contribution in [0.4, 0.5) is 0 Å². The molecule has 0 radical (unpaired) electrons. The molecule has 2 aromatic heterocycles. The molecule has 2 heterocycles. The Bertz CT molecular complexity index is 839. The maximum Gasteiger partial charge on any atom is 0.419 e. The summed E-state index contributed by atoms with van der Waals surface area (Å²) in [4.78, 5) is 11.5. The second kappa shape index (κ2) is 4.38. The number of hydrogen-bond donors (Lipinski definition) is 1. The summed E-state index contributed by atoms with van der Waals surface area (Å²) in [7, 11) is 1.68. The lowest BCUT2D eigenvalue weighted by Crippen LogP contribution is -2.12. The highest BCUT2D eigenvalue weighted by molar-refractivity contribution is 5.74. The average Bonchev–Trinajstić information content (AvgIpc) is 2.89. The van der Waals surface area contributed by atoms with Gasteiger partial charge in [-0.15, -0.1) is 0 Å². The number of rotatable bonds is 2. The van der Waals surface area contributed by atoms with Gasteiger partial charge in [0, 0.05) is 12.6 Å². The molecule has 1 atom stereocenters. The second-order valence-electron chi connectivity index (χ2n) is 5.00. The first kappa shape index (κ1) is 12.7. The number of nitrogens with zero attached hydrogens (tertiary/aromatic N) is 1. The van der Waals surface area contributed by atoms with E-state index in [9.17, 15) is 4.79 Å². The molecule has 0 aliphatic carbocycles. The Morgan fingerprint density at radius 3 is 2.60 bits per heavy atom. The summed E-state index contributed by atoms with van der Waals surface area (Å²) in [5.74, 6) is 1.27. The largest absolute Gasteiger partial charge is 0.466 e. The fraction of sp³-hybridized carbons (Fsp3) is 0.267. The number of fused-ring (bicyclic) bond motifs is 1. The normalized spacial score (nSPS) is 13.0. The monoisotopic (exact) mass is 272 g/mol. The van der Waals surface area contributed by atoms with E-state index in [-0.39, 0.29) is 11.8 Å². The third-order valence-electron chi connectivity index (χ3n) is 3.59. The molecule has 0 saturated heterocycles. The Kier molecular flexibility index (Phi) is 2.79. The van der Waals surface area contributed by atoms with Gasteiger partial charge in [-0.25, -0.2) is 4.79 Å². The molecular weight excluding hydrogens is 256 g/mol. The first-order chi connectivity index (χ1) is 9.47. The van der Waals surface area contributed by atoms with Gasteiger partial charge in [-0.05, 0) is 37.6 Å². The van der Waals surface area contributed by atoms with Crippen molar-refractivity contribution in [2.75, 3.05) is 0 Å². The summed E-state index contributed by atoms with van der Waals surface area (Å²) in [6, 6.07) is 7.19. The molecule has 2 N–H and O–H groups in total. The highest BCUT2D eigenvalue weighted by Crippen LogP contribution is 2.27. The van der Waals surface area contributed by atoms with Gasteiger partial charge in [-0.2, -0.15) is 0 Å². The van der Waals surface area contributed by atoms with Crippen LogP contribution < -0.4 is 11.5 Å². The van der Waals surface area contributed by atoms with Crippen LogP contribution in [0, 0.1) is 13.8 Å². The van der Waals surface area contributed by atoms with E-state index in [4.69, 9.17) is 14.6 Å². The molecule has 0 amide bonds. The van der Waals surface area contributed by atoms with Crippen LogP contribution in [0.5, 0.6) is 0 Å². The van der Waals surface area contributed by atoms with Crippen molar-refractivity contribution in [2.24, 2.45) is 12.8 Å². The maximum absolute atomic E-state index is 11.5. The van der Waals surface area contributed by atoms with Gasteiger partial charge in [0.25, 0.3) is 0 Å². The van der Waals surface area contributed by atoms with Crippen molar-refractivity contribution in [3.63, 3.8) is 0 Å². The van der Waals surface area contributed by atoms with Crippen LogP contribution in [0.1, 0.15) is 28.7 Å². The molecule has 0 aliphatic rings. The van der Waals surface area contributed by atoms with Crippen LogP contribution in [0.25, 0.3) is 11.1 Å². The molecule has 3 rings (SSSR count). The SMILES string of the molecule is Cc1cc(C(N)c2ccc3c(c2)oc(=O)n3C)c(C)o1. The summed E-state index contributed by atoms with van der Waals surface area (Å²) in [6.07, 6.45) is 0. The molecule has 1 aromatic carbocycles. The lowest BCUT2D eigenvalue weighted by molar-refractivity contribution is 0.499. The molecule has 5 nitrogen and oxygen atoms in total. The quantitative estimate of drug-likeness (QED) is 0.777. The van der Waals surface area contributed by atoms with Gasteiger partial charge in [-0.1, -0.05) is 6.07 Å². The zero-order valence-corrected chi connectivity index (χ0v) is 11.6. The van der Waals surface area contributed by atoms with Crippen molar-refractivity contribution >= 4 is 11.1 Å². The number of oxazole rings is 1. The van der Waals surface area contributed by atoms with Gasteiger partial charge in [0.1, 0.15) is 11.5 Å². The summed E-state index contributed by atoms with van der Waals surface area (Å²) in [6.45, 7) is 3.78. The predicted molar refractivity (Wildman–Crippen MR) is 75.7 cm³/mol. The van der Waals surface area contributed by atoms with Crippen LogP contribution in [0.15, 0.2) is 37.9 Å². The fourth-order valence-electron chi connectivity index (χ4n) is 2.48. The Balaban J connectivity index is 2.10. The Morgan fingerprint density at radius 2 is 1.95 bits per heavy atom. The van der Waals surface area contributed by atoms with Crippen molar-refractivity contribution in [3.8, 4) is 0 Å². The molecule has 0 aliphatic heterocycles. The number of hydrogen-bond acceptors (Lipinski definition) is 4. The van der Waals surface area contributed by atoms with Gasteiger partial charge >= 0.3 is 5.76 Å². The van der Waals surface area contributed by atoms with Gasteiger partial charge in [0.2, 0.25) is 0 Å². The van der Waals surface area contributed by atoms with Crippen LogP contribution in [-0.4, -0.2) is 4.57 Å². The van der Waals surface area contributed by atoms with Crippen molar-refractivity contribution in [3.05, 3.63) is 57.5 Å². The van der Waals surface area contributed by atoms with Gasteiger partial charge in [0.15, 0.2) is 5.58 Å². The minimum absolute atomic E-state index is 0.303. The lowest BCUT2D eigenvalue weighted by atomic mass is 9.99. The highest BCUT2D eigenvalue weighted by Gasteiger charge is 2.17. The number of furan rings is 1. The lowest BCUT2D eigenvalue weighted by Gasteiger charge is -2.11. The second-order valence-corrected chi connectivity index (χ2v) is 5.00. The first-order valence-corrected chi connectivity index (χ1v) is 6.39. The fourth-order valence-corrected chi connectivity index (χ4v) is 2.48. The van der Waals surface area contributed by atoms with Gasteiger partial charge < -0.3 is 14.6 Å². The Hall–Kier alpha value is -2.27. The van der Waals surface area contributed by atoms with Crippen LogP contribution in [0.3, 0.4) is 0 Å². The molecule has 0 bridgehead atoms. The van der Waals surface area contributed by atoms with Crippen LogP contribution in [0.2, 0.25) is 0 Å². The van der Waals surface area contributed by atoms with Crippen LogP contribution >= 0.6 is 0 Å². The zero-order chi connectivity index (χ0) is 14.4. The molecule has 1 unspecified atom stereocenters. The third-order valence-corrected chi connectivity index (χ3v) is 3.59. The van der Waals surface area contributed by atoms with Gasteiger partial charge in [0.05, 0.1) is 11.6 Å². The average molecular weight is 272 g/mol. The first-order valence-electron chi connectivity index (χ1n) is 6.39. The Labute approximate surface area is 115 Å². The minimum atomic E-state index is -0.374. The van der Waals surface area contributed by atoms with E-state index in [0.717, 1.165) is 28.2 Å². The number of nitrogens with two attached hydrogens (primary N) is 1. The third kappa shape index (κ3) is 1.87. The summed E-state index contributed by atoms with van der Waals surface area (Å²) in [5.41, 5.74) is 9.41. The molecule has 0 spiro atoms. The molecule has 104 valence electrons. The standard InChI is InChI=1S/C15H16N2O3/c1-8-6-11(9(2)19-8)14(16)10-4-5-12-13(7-10)20-15(18)17(12)3/h4-7,14H,16H2,1-3H3. The maximum atomic E-state index is 11.5. The smallest absolute Gasteiger partial charge is 0.419 e. The van der Waals surface area contributed by atoms with E-state index in [2.05, 4.69) is 0 Å². The molecule has 20 heavy (non-hydrogen) atoms. The van der Waals surface area contributed by atoms with E-state index in [1.54, 1.807) is 7.05 Å².